The summed E-state index contributed by atoms with van der Waals surface area (Å²) in [5.41, 5.74) is 6.79. The van der Waals surface area contributed by atoms with Gasteiger partial charge >= 0.3 is 12.0 Å². The Morgan fingerprint density at radius 1 is 0.951 bits per heavy atom. The van der Waals surface area contributed by atoms with E-state index in [0.29, 0.717) is 11.4 Å². The van der Waals surface area contributed by atoms with Crippen molar-refractivity contribution in [3.63, 3.8) is 0 Å². The summed E-state index contributed by atoms with van der Waals surface area (Å²) in [6, 6.07) is 7.88. The van der Waals surface area contributed by atoms with Gasteiger partial charge < -0.3 is 30.0 Å². The fourth-order valence-corrected chi connectivity index (χ4v) is 4.11. The van der Waals surface area contributed by atoms with Crippen molar-refractivity contribution >= 4 is 34.2 Å². The lowest BCUT2D eigenvalue weighted by molar-refractivity contribution is 0.0377. The number of ether oxygens (including phenoxy) is 4. The van der Waals surface area contributed by atoms with Crippen LogP contribution in [0.4, 0.5) is 15.8 Å². The minimum atomic E-state index is -0.786. The summed E-state index contributed by atoms with van der Waals surface area (Å²) >= 11 is 0. The van der Waals surface area contributed by atoms with Gasteiger partial charge in [0, 0.05) is 35.1 Å². The zero-order valence-corrected chi connectivity index (χ0v) is 23.4. The van der Waals surface area contributed by atoms with E-state index in [9.17, 15) is 9.59 Å². The molecule has 0 radical (unpaired) electrons. The van der Waals surface area contributed by atoms with Crippen LogP contribution in [0.2, 0.25) is 0 Å². The van der Waals surface area contributed by atoms with Gasteiger partial charge in [-0.25, -0.2) is 14.2 Å². The zero-order valence-electron chi connectivity index (χ0n) is 23.4. The number of hydrogen-bond acceptors (Lipinski definition) is 10. The number of hydrogen-bond donors (Lipinski definition) is 2. The first-order valence-corrected chi connectivity index (χ1v) is 12.7. The molecule has 0 saturated carbocycles. The Kier molecular flexibility index (Phi) is 8.51. The Labute approximate surface area is 235 Å². The summed E-state index contributed by atoms with van der Waals surface area (Å²) in [5.74, 6) is -1.56. The van der Waals surface area contributed by atoms with Crippen molar-refractivity contribution in [2.24, 2.45) is 5.73 Å². The van der Waals surface area contributed by atoms with Crippen LogP contribution in [0.3, 0.4) is 0 Å². The molecule has 11 nitrogen and oxygen atoms in total. The molecule has 0 aliphatic carbocycles. The Bertz CT molecular complexity index is 1630. The maximum absolute atomic E-state index is 16.0. The van der Waals surface area contributed by atoms with Crippen LogP contribution in [-0.4, -0.2) is 53.3 Å². The van der Waals surface area contributed by atoms with Gasteiger partial charge in [0.25, 0.3) is 5.91 Å². The molecule has 4 rings (SSSR count). The van der Waals surface area contributed by atoms with E-state index < -0.39 is 17.7 Å². The summed E-state index contributed by atoms with van der Waals surface area (Å²) in [4.78, 5) is 37.5. The third-order valence-corrected chi connectivity index (χ3v) is 5.77. The number of methoxy groups -OCH3 is 2. The van der Waals surface area contributed by atoms with Gasteiger partial charge in [-0.2, -0.15) is 4.98 Å². The highest BCUT2D eigenvalue weighted by Crippen LogP contribution is 2.37. The summed E-state index contributed by atoms with van der Waals surface area (Å²) < 4.78 is 37.5. The van der Waals surface area contributed by atoms with Gasteiger partial charge in [0.05, 0.1) is 48.8 Å². The van der Waals surface area contributed by atoms with Crippen LogP contribution < -0.4 is 25.3 Å². The topological polar surface area (TPSA) is 148 Å². The predicted molar refractivity (Wildman–Crippen MR) is 150 cm³/mol. The maximum Gasteiger partial charge on any atom is 0.338 e. The number of amides is 1. The predicted octanol–water partition coefficient (Wildman–Crippen LogP) is 5.04. The van der Waals surface area contributed by atoms with Gasteiger partial charge in [-0.3, -0.25) is 9.78 Å². The molecule has 2 aromatic carbocycles. The van der Waals surface area contributed by atoms with Crippen molar-refractivity contribution in [3.05, 3.63) is 59.7 Å². The van der Waals surface area contributed by atoms with Crippen LogP contribution in [0.1, 0.15) is 48.4 Å². The third-order valence-electron chi connectivity index (χ3n) is 5.77. The number of fused-ring (bicyclic) bond motifs is 1. The number of esters is 1. The molecule has 0 saturated heterocycles. The lowest BCUT2D eigenvalue weighted by Crippen LogP contribution is -2.15. The van der Waals surface area contributed by atoms with E-state index in [1.54, 1.807) is 38.1 Å². The Balaban J connectivity index is 1.87. The molecule has 2 heterocycles. The van der Waals surface area contributed by atoms with Crippen LogP contribution in [-0.2, 0) is 4.74 Å². The van der Waals surface area contributed by atoms with E-state index in [1.807, 2.05) is 13.8 Å². The van der Waals surface area contributed by atoms with E-state index in [0.717, 1.165) is 0 Å². The van der Waals surface area contributed by atoms with Gasteiger partial charge in [-0.15, -0.1) is 0 Å². The molecular weight excluding hydrogens is 533 g/mol. The summed E-state index contributed by atoms with van der Waals surface area (Å²) in [5, 5.41) is 3.38. The van der Waals surface area contributed by atoms with Crippen molar-refractivity contribution in [1.29, 1.82) is 0 Å². The molecule has 3 N–H and O–H groups in total. The molecule has 0 bridgehead atoms. The molecule has 214 valence electrons. The van der Waals surface area contributed by atoms with Gasteiger partial charge in [-0.05, 0) is 45.9 Å². The molecule has 0 aliphatic rings. The first-order chi connectivity index (χ1) is 19.5. The van der Waals surface area contributed by atoms with Gasteiger partial charge in [0.2, 0.25) is 5.88 Å². The van der Waals surface area contributed by atoms with Crippen LogP contribution in [0, 0.1) is 5.82 Å². The standard InChI is InChI=1S/C29H30FN5O6/c1-14(2)40-18-10-16(28(37)41-15(3)4)9-17(11-18)34-24-20-8-7-19(21-12-33-29(39-6)35-27(21)38-5)23(30)25(20)32-13-22(24)26(31)36/h7-15H,1-6H3,(H2,31,36)(H,32,34). The van der Waals surface area contributed by atoms with E-state index in [1.165, 1.54) is 32.7 Å². The highest BCUT2D eigenvalue weighted by molar-refractivity contribution is 6.08. The zero-order chi connectivity index (χ0) is 29.8. The Hall–Kier alpha value is -5.00. The van der Waals surface area contributed by atoms with Crippen LogP contribution in [0.5, 0.6) is 17.6 Å². The molecule has 0 spiro atoms. The molecule has 4 aromatic rings. The molecule has 12 heteroatoms. The number of pyridine rings is 1. The molecule has 0 unspecified atom stereocenters. The fraction of sp³-hybridized carbons (Fsp3) is 0.276. The average Bonchev–Trinajstić information content (AvgIpc) is 2.92. The van der Waals surface area contributed by atoms with E-state index in [-0.39, 0.29) is 62.9 Å². The molecular formula is C29H30FN5O6. The number of carbonyl (C=O) groups is 2. The number of nitrogens with zero attached hydrogens (tertiary/aromatic N) is 3. The highest BCUT2D eigenvalue weighted by atomic mass is 19.1. The second-order valence-corrected chi connectivity index (χ2v) is 9.51. The number of rotatable bonds is 10. The monoisotopic (exact) mass is 563 g/mol. The molecule has 0 atom stereocenters. The summed E-state index contributed by atoms with van der Waals surface area (Å²) in [6.45, 7) is 7.17. The average molecular weight is 564 g/mol. The number of primary amides is 1. The van der Waals surface area contributed by atoms with Gasteiger partial charge in [0.1, 0.15) is 11.3 Å². The second-order valence-electron chi connectivity index (χ2n) is 9.51. The largest absolute Gasteiger partial charge is 0.491 e. The van der Waals surface area contributed by atoms with Crippen molar-refractivity contribution in [3.8, 4) is 28.8 Å². The lowest BCUT2D eigenvalue weighted by atomic mass is 10.0. The number of nitrogens with one attached hydrogen (secondary N) is 1. The van der Waals surface area contributed by atoms with Crippen molar-refractivity contribution < 1.29 is 32.9 Å². The lowest BCUT2D eigenvalue weighted by Gasteiger charge is -2.18. The van der Waals surface area contributed by atoms with Gasteiger partial charge in [0.15, 0.2) is 5.82 Å². The van der Waals surface area contributed by atoms with Crippen LogP contribution >= 0.6 is 0 Å². The first-order valence-electron chi connectivity index (χ1n) is 12.7. The Morgan fingerprint density at radius 2 is 1.71 bits per heavy atom. The third kappa shape index (κ3) is 6.26. The smallest absolute Gasteiger partial charge is 0.338 e. The van der Waals surface area contributed by atoms with E-state index >= 15 is 4.39 Å². The van der Waals surface area contributed by atoms with Crippen LogP contribution in [0.25, 0.3) is 22.0 Å². The summed E-state index contributed by atoms with van der Waals surface area (Å²) in [6.07, 6.45) is 2.04. The normalized spacial score (nSPS) is 11.0. The number of carbonyl (C=O) groups excluding carboxylic acids is 2. The molecule has 1 amide bonds. The molecule has 41 heavy (non-hydrogen) atoms. The first kappa shape index (κ1) is 29.0. The van der Waals surface area contributed by atoms with Crippen molar-refractivity contribution in [2.45, 2.75) is 39.9 Å². The number of halogens is 1. The van der Waals surface area contributed by atoms with Gasteiger partial charge in [-0.1, -0.05) is 6.07 Å². The number of aromatic nitrogens is 3. The highest BCUT2D eigenvalue weighted by Gasteiger charge is 2.22. The quantitative estimate of drug-likeness (QED) is 0.251. The Morgan fingerprint density at radius 3 is 2.34 bits per heavy atom. The van der Waals surface area contributed by atoms with Crippen molar-refractivity contribution in [2.75, 3.05) is 19.5 Å². The van der Waals surface area contributed by atoms with Crippen LogP contribution in [0.15, 0.2) is 42.7 Å². The van der Waals surface area contributed by atoms with Crippen molar-refractivity contribution in [1.82, 2.24) is 15.0 Å². The number of anilines is 2. The minimum Gasteiger partial charge on any atom is -0.491 e. The number of benzene rings is 2. The van der Waals surface area contributed by atoms with E-state index in [2.05, 4.69) is 20.3 Å². The maximum atomic E-state index is 16.0. The second kappa shape index (κ2) is 12.0. The van der Waals surface area contributed by atoms with E-state index in [4.69, 9.17) is 24.7 Å². The fourth-order valence-electron chi connectivity index (χ4n) is 4.11. The summed E-state index contributed by atoms with van der Waals surface area (Å²) in [7, 11) is 2.80. The number of nitrogens with two attached hydrogens (primary N) is 1. The SMILES string of the molecule is COc1ncc(-c2ccc3c(Nc4cc(OC(C)C)cc(C(=O)OC(C)C)c4)c(C(N)=O)cnc3c2F)c(OC)n1. The molecule has 0 aliphatic heterocycles. The molecule has 0 fully saturated rings. The molecule has 2 aromatic heterocycles. The minimum absolute atomic E-state index is 0.0106.